The third-order valence-corrected chi connectivity index (χ3v) is 3.47. The van der Waals surface area contributed by atoms with E-state index in [9.17, 15) is 5.11 Å². The topological polar surface area (TPSA) is 47.3 Å². The van der Waals surface area contributed by atoms with Gasteiger partial charge in [0.2, 0.25) is 0 Å². The Morgan fingerprint density at radius 3 is 3.06 bits per heavy atom. The first-order valence-corrected chi connectivity index (χ1v) is 6.12. The lowest BCUT2D eigenvalue weighted by atomic mass is 10.1. The molecule has 1 aromatic carbocycles. The highest BCUT2D eigenvalue weighted by Gasteiger charge is 2.25. The zero-order valence-corrected chi connectivity index (χ0v) is 10.4. The third-order valence-electron chi connectivity index (χ3n) is 2.98. The van der Waals surface area contributed by atoms with Crippen LogP contribution in [0.4, 0.5) is 5.69 Å². The third kappa shape index (κ3) is 2.06. The van der Waals surface area contributed by atoms with Gasteiger partial charge < -0.3 is 10.0 Å². The van der Waals surface area contributed by atoms with Crippen LogP contribution in [0.15, 0.2) is 22.7 Å². The molecule has 1 unspecified atom stereocenters. The summed E-state index contributed by atoms with van der Waals surface area (Å²) in [4.78, 5) is 2.13. The summed E-state index contributed by atoms with van der Waals surface area (Å²) in [7, 11) is 0. The first kappa shape index (κ1) is 11.4. The summed E-state index contributed by atoms with van der Waals surface area (Å²) in [5.41, 5.74) is 1.59. The molecule has 0 radical (unpaired) electrons. The number of rotatable bonds is 2. The van der Waals surface area contributed by atoms with E-state index < -0.39 is 0 Å². The van der Waals surface area contributed by atoms with Crippen LogP contribution in [0.2, 0.25) is 0 Å². The van der Waals surface area contributed by atoms with E-state index in [1.54, 1.807) is 0 Å². The lowest BCUT2D eigenvalue weighted by Gasteiger charge is -2.26. The summed E-state index contributed by atoms with van der Waals surface area (Å²) < 4.78 is 0.910. The second kappa shape index (κ2) is 4.86. The Morgan fingerprint density at radius 2 is 2.38 bits per heavy atom. The molecule has 0 bridgehead atoms. The maximum atomic E-state index is 9.28. The molecule has 0 aliphatic carbocycles. The fourth-order valence-corrected chi connectivity index (χ4v) is 2.55. The van der Waals surface area contributed by atoms with Crippen molar-refractivity contribution < 1.29 is 5.11 Å². The monoisotopic (exact) mass is 280 g/mol. The van der Waals surface area contributed by atoms with E-state index in [2.05, 4.69) is 26.9 Å². The number of hydrogen-bond acceptors (Lipinski definition) is 3. The number of halogens is 1. The maximum absolute atomic E-state index is 9.28. The van der Waals surface area contributed by atoms with E-state index in [-0.39, 0.29) is 12.6 Å². The van der Waals surface area contributed by atoms with Crippen LogP contribution in [-0.2, 0) is 0 Å². The highest BCUT2D eigenvalue weighted by Crippen LogP contribution is 2.30. The van der Waals surface area contributed by atoms with Crippen LogP contribution in [0.5, 0.6) is 0 Å². The maximum Gasteiger partial charge on any atom is 0.101 e. The van der Waals surface area contributed by atoms with Crippen LogP contribution in [0.25, 0.3) is 0 Å². The van der Waals surface area contributed by atoms with Gasteiger partial charge in [0, 0.05) is 11.0 Å². The van der Waals surface area contributed by atoms with E-state index in [1.807, 2.05) is 18.2 Å². The van der Waals surface area contributed by atoms with Crippen LogP contribution < -0.4 is 4.90 Å². The highest BCUT2D eigenvalue weighted by molar-refractivity contribution is 9.10. The first-order valence-electron chi connectivity index (χ1n) is 5.33. The second-order valence-electron chi connectivity index (χ2n) is 3.95. The van der Waals surface area contributed by atoms with Crippen LogP contribution in [-0.4, -0.2) is 24.3 Å². The molecule has 1 aliphatic heterocycles. The van der Waals surface area contributed by atoms with E-state index in [0.29, 0.717) is 5.56 Å². The molecule has 1 aromatic rings. The SMILES string of the molecule is N#Cc1cc(Br)ccc1N1CCCC1CO. The van der Waals surface area contributed by atoms with Crippen molar-refractivity contribution in [3.05, 3.63) is 28.2 Å². The van der Waals surface area contributed by atoms with Crippen molar-refractivity contribution in [3.63, 3.8) is 0 Å². The van der Waals surface area contributed by atoms with Crippen molar-refractivity contribution >= 4 is 21.6 Å². The summed E-state index contributed by atoms with van der Waals surface area (Å²) in [5.74, 6) is 0. The molecular formula is C12H13BrN2O. The van der Waals surface area contributed by atoms with Crippen molar-refractivity contribution in [2.45, 2.75) is 18.9 Å². The predicted octanol–water partition coefficient (Wildman–Crippen LogP) is 2.28. The van der Waals surface area contributed by atoms with Gasteiger partial charge in [-0.15, -0.1) is 0 Å². The Kier molecular flexibility index (Phi) is 3.47. The number of nitrogens with zero attached hydrogens (tertiary/aromatic N) is 2. The van der Waals surface area contributed by atoms with Gasteiger partial charge in [0.15, 0.2) is 0 Å². The van der Waals surface area contributed by atoms with E-state index in [0.717, 1.165) is 29.5 Å². The molecule has 0 aromatic heterocycles. The minimum absolute atomic E-state index is 0.154. The molecule has 0 amide bonds. The number of nitriles is 1. The number of anilines is 1. The summed E-state index contributed by atoms with van der Waals surface area (Å²) in [6.45, 7) is 1.07. The molecule has 16 heavy (non-hydrogen) atoms. The van der Waals surface area contributed by atoms with Gasteiger partial charge in [0.05, 0.1) is 23.9 Å². The molecule has 4 heteroatoms. The Labute approximate surface area is 103 Å². The quantitative estimate of drug-likeness (QED) is 0.904. The molecule has 3 nitrogen and oxygen atoms in total. The fourth-order valence-electron chi connectivity index (χ4n) is 2.19. The van der Waals surface area contributed by atoms with Crippen molar-refractivity contribution in [1.29, 1.82) is 5.26 Å². The number of hydrogen-bond donors (Lipinski definition) is 1. The van der Waals surface area contributed by atoms with Crippen molar-refractivity contribution in [2.24, 2.45) is 0 Å². The standard InChI is InChI=1S/C12H13BrN2O/c13-10-3-4-12(9(6-10)7-14)15-5-1-2-11(15)8-16/h3-4,6,11,16H,1-2,5,8H2. The number of aliphatic hydroxyl groups is 1. The normalized spacial score (nSPS) is 19.8. The molecule has 0 spiro atoms. The van der Waals surface area contributed by atoms with Crippen molar-refractivity contribution in [3.8, 4) is 6.07 Å². The summed E-state index contributed by atoms with van der Waals surface area (Å²) in [6, 6.07) is 8.06. The van der Waals surface area contributed by atoms with Crippen LogP contribution in [0, 0.1) is 11.3 Å². The largest absolute Gasteiger partial charge is 0.394 e. The molecule has 1 aliphatic rings. The molecule has 2 rings (SSSR count). The number of aliphatic hydroxyl groups excluding tert-OH is 1. The average Bonchev–Trinajstić information content (AvgIpc) is 2.76. The fraction of sp³-hybridized carbons (Fsp3) is 0.417. The van der Waals surface area contributed by atoms with Gasteiger partial charge in [-0.1, -0.05) is 15.9 Å². The van der Waals surface area contributed by atoms with Gasteiger partial charge in [0.25, 0.3) is 0 Å². The zero-order valence-electron chi connectivity index (χ0n) is 8.86. The molecule has 1 atom stereocenters. The van der Waals surface area contributed by atoms with Crippen LogP contribution in [0.1, 0.15) is 18.4 Å². The lowest BCUT2D eigenvalue weighted by Crippen LogP contribution is -2.32. The van der Waals surface area contributed by atoms with Gasteiger partial charge in [-0.25, -0.2) is 0 Å². The molecule has 0 saturated carbocycles. The van der Waals surface area contributed by atoms with Gasteiger partial charge in [0.1, 0.15) is 6.07 Å². The Hall–Kier alpha value is -1.05. The van der Waals surface area contributed by atoms with E-state index in [1.165, 1.54) is 0 Å². The molecular weight excluding hydrogens is 268 g/mol. The summed E-state index contributed by atoms with van der Waals surface area (Å²) in [6.07, 6.45) is 2.07. The lowest BCUT2D eigenvalue weighted by molar-refractivity contribution is 0.266. The molecule has 1 saturated heterocycles. The van der Waals surface area contributed by atoms with Gasteiger partial charge >= 0.3 is 0 Å². The van der Waals surface area contributed by atoms with E-state index in [4.69, 9.17) is 5.26 Å². The highest BCUT2D eigenvalue weighted by atomic mass is 79.9. The molecule has 1 heterocycles. The second-order valence-corrected chi connectivity index (χ2v) is 4.86. The Morgan fingerprint density at radius 1 is 1.56 bits per heavy atom. The molecule has 84 valence electrons. The molecule has 1 fully saturated rings. The van der Waals surface area contributed by atoms with Gasteiger partial charge in [-0.05, 0) is 31.0 Å². The smallest absolute Gasteiger partial charge is 0.101 e. The summed E-state index contributed by atoms with van der Waals surface area (Å²) in [5, 5.41) is 18.4. The van der Waals surface area contributed by atoms with Crippen LogP contribution in [0.3, 0.4) is 0 Å². The number of benzene rings is 1. The Bertz CT molecular complexity index is 428. The van der Waals surface area contributed by atoms with E-state index >= 15 is 0 Å². The molecule has 1 N–H and O–H groups in total. The van der Waals surface area contributed by atoms with Gasteiger partial charge in [-0.3, -0.25) is 0 Å². The van der Waals surface area contributed by atoms with Crippen molar-refractivity contribution in [2.75, 3.05) is 18.1 Å². The zero-order chi connectivity index (χ0) is 11.5. The van der Waals surface area contributed by atoms with Gasteiger partial charge in [-0.2, -0.15) is 5.26 Å². The Balaban J connectivity index is 2.36. The minimum atomic E-state index is 0.154. The summed E-state index contributed by atoms with van der Waals surface area (Å²) >= 11 is 3.36. The average molecular weight is 281 g/mol. The van der Waals surface area contributed by atoms with Crippen molar-refractivity contribution in [1.82, 2.24) is 0 Å². The minimum Gasteiger partial charge on any atom is -0.394 e. The van der Waals surface area contributed by atoms with Crippen LogP contribution >= 0.6 is 15.9 Å². The predicted molar refractivity (Wildman–Crippen MR) is 66.3 cm³/mol. The first-order chi connectivity index (χ1) is 7.76.